The number of urea groups is 1. The molecule has 0 radical (unpaired) electrons. The lowest BCUT2D eigenvalue weighted by Gasteiger charge is -2.15. The van der Waals surface area contributed by atoms with E-state index < -0.39 is 18.0 Å². The summed E-state index contributed by atoms with van der Waals surface area (Å²) in [5.41, 5.74) is 6.48. The maximum absolute atomic E-state index is 11.7. The Morgan fingerprint density at radius 1 is 1.45 bits per heavy atom. The molecule has 0 aliphatic rings. The smallest absolute Gasteiger partial charge is 0.321 e. The van der Waals surface area contributed by atoms with Crippen LogP contribution in [0.15, 0.2) is 22.7 Å². The second-order valence-electron chi connectivity index (χ2n) is 4.08. The van der Waals surface area contributed by atoms with Crippen LogP contribution in [0.2, 0.25) is 0 Å². The average Bonchev–Trinajstić information content (AvgIpc) is 2.41. The summed E-state index contributed by atoms with van der Waals surface area (Å²) in [6.07, 6.45) is -0.794. The number of nitrogens with two attached hydrogens (primary N) is 1. The molecular weight excluding hydrogens is 326 g/mol. The molecule has 0 spiro atoms. The molecule has 1 aromatic carbocycles. The van der Waals surface area contributed by atoms with E-state index in [0.29, 0.717) is 23.3 Å². The molecule has 0 saturated heterocycles. The summed E-state index contributed by atoms with van der Waals surface area (Å²) in [4.78, 5) is 23.0. The fraction of sp³-hybridized carbons (Fsp3) is 0.385. The first-order valence-corrected chi connectivity index (χ1v) is 7.01. The Kier molecular flexibility index (Phi) is 6.47. The van der Waals surface area contributed by atoms with Crippen LogP contribution in [-0.2, 0) is 11.3 Å². The first kappa shape index (κ1) is 16.5. The standard InChI is InChI=1S/C13H18BrN3O3/c1-3-16-13(19)17-12(18)8(2)20-11-5-4-9(7-15)6-10(11)14/h4-6,8H,3,7,15H2,1-2H3,(H2,16,17,18,19). The number of hydrogen-bond donors (Lipinski definition) is 3. The third kappa shape index (κ3) is 4.82. The van der Waals surface area contributed by atoms with Crippen LogP contribution in [0.3, 0.4) is 0 Å². The molecule has 6 nitrogen and oxygen atoms in total. The number of amides is 3. The average molecular weight is 344 g/mol. The molecule has 0 aliphatic carbocycles. The molecule has 4 N–H and O–H groups in total. The number of carbonyl (C=O) groups is 2. The number of carbonyl (C=O) groups excluding carboxylic acids is 2. The van der Waals surface area contributed by atoms with Gasteiger partial charge in [-0.1, -0.05) is 6.07 Å². The van der Waals surface area contributed by atoms with Gasteiger partial charge in [0.2, 0.25) is 0 Å². The van der Waals surface area contributed by atoms with Crippen molar-refractivity contribution in [1.82, 2.24) is 10.6 Å². The number of benzene rings is 1. The van der Waals surface area contributed by atoms with E-state index in [-0.39, 0.29) is 0 Å². The molecule has 20 heavy (non-hydrogen) atoms. The molecule has 3 amide bonds. The van der Waals surface area contributed by atoms with E-state index in [1.54, 1.807) is 19.9 Å². The van der Waals surface area contributed by atoms with Crippen molar-refractivity contribution >= 4 is 27.9 Å². The quantitative estimate of drug-likeness (QED) is 0.755. The van der Waals surface area contributed by atoms with Crippen LogP contribution in [0.1, 0.15) is 19.4 Å². The van der Waals surface area contributed by atoms with Crippen LogP contribution in [0.25, 0.3) is 0 Å². The van der Waals surface area contributed by atoms with Crippen molar-refractivity contribution in [2.45, 2.75) is 26.5 Å². The van der Waals surface area contributed by atoms with Gasteiger partial charge in [0.15, 0.2) is 6.10 Å². The molecule has 0 fully saturated rings. The van der Waals surface area contributed by atoms with E-state index in [1.807, 2.05) is 12.1 Å². The summed E-state index contributed by atoms with van der Waals surface area (Å²) < 4.78 is 6.21. The number of hydrogen-bond acceptors (Lipinski definition) is 4. The zero-order valence-electron chi connectivity index (χ0n) is 11.4. The minimum absolute atomic E-state index is 0.423. The largest absolute Gasteiger partial charge is 0.480 e. The van der Waals surface area contributed by atoms with Gasteiger partial charge in [-0.05, 0) is 47.5 Å². The topological polar surface area (TPSA) is 93.5 Å². The van der Waals surface area contributed by atoms with Crippen LogP contribution in [0, 0.1) is 0 Å². The highest BCUT2D eigenvalue weighted by molar-refractivity contribution is 9.10. The van der Waals surface area contributed by atoms with Crippen molar-refractivity contribution in [1.29, 1.82) is 0 Å². The van der Waals surface area contributed by atoms with Crippen molar-refractivity contribution in [2.24, 2.45) is 5.73 Å². The van der Waals surface area contributed by atoms with Gasteiger partial charge in [-0.15, -0.1) is 0 Å². The summed E-state index contributed by atoms with van der Waals surface area (Å²) in [6, 6.07) is 4.82. The molecule has 0 aliphatic heterocycles. The first-order valence-electron chi connectivity index (χ1n) is 6.21. The molecule has 7 heteroatoms. The number of halogens is 1. The first-order chi connectivity index (χ1) is 9.47. The van der Waals surface area contributed by atoms with E-state index in [2.05, 4.69) is 26.6 Å². The number of rotatable bonds is 5. The zero-order valence-corrected chi connectivity index (χ0v) is 13.0. The van der Waals surface area contributed by atoms with Crippen molar-refractivity contribution in [3.8, 4) is 5.75 Å². The Bertz CT molecular complexity index is 494. The normalized spacial score (nSPS) is 11.6. The predicted octanol–water partition coefficient (Wildman–Crippen LogP) is 1.52. The molecule has 1 unspecified atom stereocenters. The third-order valence-electron chi connectivity index (χ3n) is 2.48. The number of nitrogens with one attached hydrogen (secondary N) is 2. The molecule has 0 aromatic heterocycles. The Labute approximate surface area is 126 Å². The van der Waals surface area contributed by atoms with Gasteiger partial charge in [-0.3, -0.25) is 10.1 Å². The van der Waals surface area contributed by atoms with Crippen LogP contribution in [0.4, 0.5) is 4.79 Å². The van der Waals surface area contributed by atoms with Crippen LogP contribution in [-0.4, -0.2) is 24.6 Å². The second-order valence-corrected chi connectivity index (χ2v) is 4.93. The minimum atomic E-state index is -0.794. The van der Waals surface area contributed by atoms with Gasteiger partial charge < -0.3 is 15.8 Å². The summed E-state index contributed by atoms with van der Waals surface area (Å²) in [5.74, 6) is 0.00602. The van der Waals surface area contributed by atoms with Crippen LogP contribution in [0.5, 0.6) is 5.75 Å². The highest BCUT2D eigenvalue weighted by atomic mass is 79.9. The SMILES string of the molecule is CCNC(=O)NC(=O)C(C)Oc1ccc(CN)cc1Br. The fourth-order valence-corrected chi connectivity index (χ4v) is 1.95. The fourth-order valence-electron chi connectivity index (χ4n) is 1.43. The van der Waals surface area contributed by atoms with E-state index in [4.69, 9.17) is 10.5 Å². The molecule has 1 aromatic rings. The van der Waals surface area contributed by atoms with Crippen molar-refractivity contribution < 1.29 is 14.3 Å². The van der Waals surface area contributed by atoms with Crippen LogP contribution < -0.4 is 21.1 Å². The lowest BCUT2D eigenvalue weighted by Crippen LogP contribution is -2.45. The predicted molar refractivity (Wildman–Crippen MR) is 79.3 cm³/mol. The number of imide groups is 1. The lowest BCUT2D eigenvalue weighted by atomic mass is 10.2. The van der Waals surface area contributed by atoms with Gasteiger partial charge >= 0.3 is 6.03 Å². The molecular formula is C13H18BrN3O3. The number of ether oxygens (including phenoxy) is 1. The van der Waals surface area contributed by atoms with Gasteiger partial charge in [0.05, 0.1) is 4.47 Å². The van der Waals surface area contributed by atoms with Gasteiger partial charge in [-0.25, -0.2) is 4.79 Å². The Hall–Kier alpha value is -1.60. The molecule has 1 rings (SSSR count). The minimum Gasteiger partial charge on any atom is -0.480 e. The summed E-state index contributed by atoms with van der Waals surface area (Å²) >= 11 is 3.35. The van der Waals surface area contributed by atoms with Crippen molar-refractivity contribution in [2.75, 3.05) is 6.54 Å². The third-order valence-corrected chi connectivity index (χ3v) is 3.10. The second kappa shape index (κ2) is 7.86. The van der Waals surface area contributed by atoms with E-state index in [1.165, 1.54) is 0 Å². The van der Waals surface area contributed by atoms with Crippen molar-refractivity contribution in [3.05, 3.63) is 28.2 Å². The van der Waals surface area contributed by atoms with E-state index >= 15 is 0 Å². The molecule has 0 heterocycles. The van der Waals surface area contributed by atoms with Gasteiger partial charge in [-0.2, -0.15) is 0 Å². The maximum atomic E-state index is 11.7. The molecule has 1 atom stereocenters. The highest BCUT2D eigenvalue weighted by Crippen LogP contribution is 2.26. The summed E-state index contributed by atoms with van der Waals surface area (Å²) in [7, 11) is 0. The molecule has 110 valence electrons. The highest BCUT2D eigenvalue weighted by Gasteiger charge is 2.18. The Morgan fingerprint density at radius 2 is 2.15 bits per heavy atom. The summed E-state index contributed by atoms with van der Waals surface area (Å²) in [6.45, 7) is 4.20. The molecule has 0 saturated carbocycles. The van der Waals surface area contributed by atoms with Gasteiger partial charge in [0.1, 0.15) is 5.75 Å². The molecule has 0 bridgehead atoms. The Morgan fingerprint density at radius 3 is 2.70 bits per heavy atom. The van der Waals surface area contributed by atoms with Crippen molar-refractivity contribution in [3.63, 3.8) is 0 Å². The maximum Gasteiger partial charge on any atom is 0.321 e. The van der Waals surface area contributed by atoms with E-state index in [9.17, 15) is 9.59 Å². The van der Waals surface area contributed by atoms with Gasteiger partial charge in [0.25, 0.3) is 5.91 Å². The Balaban J connectivity index is 2.63. The lowest BCUT2D eigenvalue weighted by molar-refractivity contribution is -0.126. The monoisotopic (exact) mass is 343 g/mol. The van der Waals surface area contributed by atoms with E-state index in [0.717, 1.165) is 5.56 Å². The van der Waals surface area contributed by atoms with Gasteiger partial charge in [0, 0.05) is 13.1 Å². The summed E-state index contributed by atoms with van der Waals surface area (Å²) in [5, 5.41) is 4.67. The zero-order chi connectivity index (χ0) is 15.1. The van der Waals surface area contributed by atoms with Crippen LogP contribution >= 0.6 is 15.9 Å².